The van der Waals surface area contributed by atoms with E-state index in [1.807, 2.05) is 42.5 Å². The zero-order valence-electron chi connectivity index (χ0n) is 27.4. The first kappa shape index (κ1) is 34.4. The Morgan fingerprint density at radius 2 is 1.71 bits per heavy atom. The molecule has 3 aliphatic rings. The van der Waals surface area contributed by atoms with E-state index in [4.69, 9.17) is 22.1 Å². The third-order valence-electron chi connectivity index (χ3n) is 10.3. The number of aliphatic hydroxyl groups is 1. The molecular formula is C37H38ClN3O8. The Hall–Kier alpha value is -4.42. The number of phenols is 1. The summed E-state index contributed by atoms with van der Waals surface area (Å²) in [6.45, 7) is 1.26. The average molecular weight is 688 g/mol. The molecule has 0 aliphatic heterocycles. The minimum atomic E-state index is -2.78. The molecule has 3 aromatic carbocycles. The number of hydrogen-bond acceptors (Lipinski definition) is 10. The van der Waals surface area contributed by atoms with Gasteiger partial charge in [0.05, 0.1) is 24.6 Å². The van der Waals surface area contributed by atoms with Crippen LogP contribution in [-0.4, -0.2) is 83.5 Å². The van der Waals surface area contributed by atoms with Crippen LogP contribution in [0.3, 0.4) is 0 Å². The molecule has 5 N–H and O–H groups in total. The highest BCUT2D eigenvalue weighted by atomic mass is 35.5. The molecule has 0 saturated heterocycles. The smallest absolute Gasteiger partial charge is 0.235 e. The van der Waals surface area contributed by atoms with E-state index in [1.165, 1.54) is 18.1 Å². The lowest BCUT2D eigenvalue weighted by Crippen LogP contribution is -2.74. The van der Waals surface area contributed by atoms with Crippen molar-refractivity contribution in [2.45, 2.75) is 37.5 Å². The van der Waals surface area contributed by atoms with Gasteiger partial charge in [-0.2, -0.15) is 0 Å². The monoisotopic (exact) mass is 687 g/mol. The third-order valence-corrected chi connectivity index (χ3v) is 10.6. The van der Waals surface area contributed by atoms with Crippen LogP contribution in [0.15, 0.2) is 54.6 Å². The molecule has 0 spiro atoms. The van der Waals surface area contributed by atoms with Crippen molar-refractivity contribution in [1.82, 2.24) is 10.2 Å². The molecule has 2 unspecified atom stereocenters. The Morgan fingerprint density at radius 3 is 2.37 bits per heavy atom. The second-order valence-corrected chi connectivity index (χ2v) is 13.8. The number of amides is 1. The minimum Gasteiger partial charge on any atom is -0.507 e. The average Bonchev–Trinajstić information content (AvgIpc) is 3.05. The third kappa shape index (κ3) is 5.74. The number of nitrogens with two attached hydrogens (primary N) is 1. The van der Waals surface area contributed by atoms with Crippen molar-refractivity contribution >= 4 is 40.6 Å². The second kappa shape index (κ2) is 13.1. The van der Waals surface area contributed by atoms with E-state index in [9.17, 15) is 34.2 Å². The standard InChI is InChI=1S/C37H38ClN3O8/c1-41(2)31-25-16-20-15-24-22(23-14-19(6-11-27(23)49-3)17-40-13-12-18-4-7-21(38)8-5-18)9-10-26(42)29(24)32(43)28(20)34(45)37(25,48)35(46)30(33(31)44)36(39)47/h4-11,14,20,25,28,30-31,40,42,48H,12-13,15-17H2,1-3H3,(H2,39,47)/t20-,25-,28?,30?,31-,37-/m0/s1. The van der Waals surface area contributed by atoms with Crippen LogP contribution in [0.2, 0.25) is 5.02 Å². The van der Waals surface area contributed by atoms with Gasteiger partial charge in [0.15, 0.2) is 34.7 Å². The van der Waals surface area contributed by atoms with Crippen molar-refractivity contribution in [3.8, 4) is 22.6 Å². The summed E-state index contributed by atoms with van der Waals surface area (Å²) in [7, 11) is 4.64. The van der Waals surface area contributed by atoms with Crippen LogP contribution in [0.25, 0.3) is 11.1 Å². The van der Waals surface area contributed by atoms with Gasteiger partial charge in [0, 0.05) is 23.0 Å². The first-order valence-electron chi connectivity index (χ1n) is 16.1. The number of nitrogens with zero attached hydrogens (tertiary/aromatic N) is 1. The lowest BCUT2D eigenvalue weighted by atomic mass is 9.52. The number of fused-ring (bicyclic) bond motifs is 3. The molecule has 0 heterocycles. The van der Waals surface area contributed by atoms with Crippen molar-refractivity contribution < 1.29 is 38.9 Å². The first-order valence-corrected chi connectivity index (χ1v) is 16.5. The van der Waals surface area contributed by atoms with Crippen LogP contribution in [0.5, 0.6) is 11.5 Å². The van der Waals surface area contributed by atoms with Crippen molar-refractivity contribution in [1.29, 1.82) is 0 Å². The zero-order chi connectivity index (χ0) is 35.4. The van der Waals surface area contributed by atoms with Gasteiger partial charge in [-0.3, -0.25) is 28.9 Å². The maximum atomic E-state index is 14.2. The number of rotatable bonds is 9. The number of ether oxygens (including phenoxy) is 1. The molecule has 2 saturated carbocycles. The van der Waals surface area contributed by atoms with E-state index in [2.05, 4.69) is 5.32 Å². The summed E-state index contributed by atoms with van der Waals surface area (Å²) in [4.78, 5) is 69.0. The van der Waals surface area contributed by atoms with Gasteiger partial charge in [-0.15, -0.1) is 0 Å². The van der Waals surface area contributed by atoms with E-state index in [0.29, 0.717) is 34.0 Å². The number of methoxy groups -OCH3 is 1. The van der Waals surface area contributed by atoms with Gasteiger partial charge in [-0.25, -0.2) is 0 Å². The summed E-state index contributed by atoms with van der Waals surface area (Å²) in [5.41, 5.74) is 6.47. The van der Waals surface area contributed by atoms with Crippen molar-refractivity contribution in [2.24, 2.45) is 29.4 Å². The molecule has 0 radical (unpaired) electrons. The molecule has 0 bridgehead atoms. The summed E-state index contributed by atoms with van der Waals surface area (Å²) < 4.78 is 5.71. The number of ketones is 4. The Kier molecular flexibility index (Phi) is 9.23. The minimum absolute atomic E-state index is 0.0340. The number of aromatic hydroxyl groups is 1. The second-order valence-electron chi connectivity index (χ2n) is 13.4. The zero-order valence-corrected chi connectivity index (χ0v) is 28.1. The molecule has 2 fully saturated rings. The number of benzene rings is 3. The van der Waals surface area contributed by atoms with Gasteiger partial charge >= 0.3 is 0 Å². The molecule has 0 aromatic heterocycles. The lowest BCUT2D eigenvalue weighted by Gasteiger charge is -2.52. The molecule has 6 rings (SSSR count). The molecule has 12 heteroatoms. The van der Waals surface area contributed by atoms with Crippen LogP contribution < -0.4 is 15.8 Å². The highest BCUT2D eigenvalue weighted by molar-refractivity contribution is 6.32. The molecule has 3 aromatic rings. The molecular weight excluding hydrogens is 650 g/mol. The van der Waals surface area contributed by atoms with Gasteiger partial charge in [0.2, 0.25) is 5.91 Å². The van der Waals surface area contributed by atoms with Crippen LogP contribution in [0.1, 0.15) is 33.5 Å². The highest BCUT2D eigenvalue weighted by Crippen LogP contribution is 2.52. The number of Topliss-reactive ketones (excluding diaryl/α,β-unsaturated/α-hetero) is 4. The largest absolute Gasteiger partial charge is 0.507 e. The fourth-order valence-electron chi connectivity index (χ4n) is 8.05. The number of primary amides is 1. The fraction of sp³-hybridized carbons (Fsp3) is 0.378. The van der Waals surface area contributed by atoms with E-state index in [0.717, 1.165) is 24.1 Å². The lowest BCUT2D eigenvalue weighted by molar-refractivity contribution is -0.181. The number of phenolic OH excluding ortho intramolecular Hbond substituents is 1. The predicted octanol–water partition coefficient (Wildman–Crippen LogP) is 2.53. The number of halogens is 1. The summed E-state index contributed by atoms with van der Waals surface area (Å²) >= 11 is 5.99. The van der Waals surface area contributed by atoms with Crippen LogP contribution in [0, 0.1) is 23.7 Å². The number of nitrogens with one attached hydrogen (secondary N) is 1. The molecule has 256 valence electrons. The summed E-state index contributed by atoms with van der Waals surface area (Å²) in [5.74, 6) is -10.4. The Balaban J connectivity index is 1.35. The summed E-state index contributed by atoms with van der Waals surface area (Å²) in [6.07, 6.45) is 0.913. The van der Waals surface area contributed by atoms with Gasteiger partial charge in [-0.1, -0.05) is 35.9 Å². The van der Waals surface area contributed by atoms with Crippen LogP contribution in [0.4, 0.5) is 0 Å². The maximum absolute atomic E-state index is 14.2. The van der Waals surface area contributed by atoms with Gasteiger partial charge < -0.3 is 26.0 Å². The molecule has 6 atom stereocenters. The van der Waals surface area contributed by atoms with E-state index >= 15 is 0 Å². The van der Waals surface area contributed by atoms with Crippen LogP contribution >= 0.6 is 11.6 Å². The number of hydrogen-bond donors (Lipinski definition) is 4. The number of carbonyl (C=O) groups is 5. The Bertz CT molecular complexity index is 1880. The number of carbonyl (C=O) groups excluding carboxylic acids is 5. The quantitative estimate of drug-likeness (QED) is 0.193. The molecule has 49 heavy (non-hydrogen) atoms. The topological polar surface area (TPSA) is 176 Å². The Labute approximate surface area is 288 Å². The highest BCUT2D eigenvalue weighted by Gasteiger charge is 2.69. The van der Waals surface area contributed by atoms with E-state index < -0.39 is 64.4 Å². The van der Waals surface area contributed by atoms with E-state index in [1.54, 1.807) is 20.2 Å². The normalized spacial score (nSPS) is 26.3. The van der Waals surface area contributed by atoms with Crippen LogP contribution in [-0.2, 0) is 38.6 Å². The van der Waals surface area contributed by atoms with E-state index in [-0.39, 0.29) is 24.2 Å². The van der Waals surface area contributed by atoms with Crippen molar-refractivity contribution in [3.05, 3.63) is 81.9 Å². The molecule has 11 nitrogen and oxygen atoms in total. The predicted molar refractivity (Wildman–Crippen MR) is 180 cm³/mol. The summed E-state index contributed by atoms with van der Waals surface area (Å²) in [6, 6.07) is 15.3. The maximum Gasteiger partial charge on any atom is 0.235 e. The van der Waals surface area contributed by atoms with Gasteiger partial charge in [0.25, 0.3) is 0 Å². The first-order chi connectivity index (χ1) is 23.3. The molecule has 1 amide bonds. The SMILES string of the molecule is COc1ccc(CNCCc2ccc(Cl)cc2)cc1-c1ccc(O)c2c1C[C@H]1C[C@H]3[C@H](N(C)C)C(=O)C(C(N)=O)C(=O)[C@@]3(O)C(=O)C1C2=O. The molecule has 3 aliphatic carbocycles. The van der Waals surface area contributed by atoms with Crippen molar-refractivity contribution in [3.63, 3.8) is 0 Å². The van der Waals surface area contributed by atoms with Gasteiger partial charge in [0.1, 0.15) is 11.5 Å². The number of likely N-dealkylation sites (N-methyl/N-ethyl adjacent to an activating group) is 1. The van der Waals surface area contributed by atoms with Crippen molar-refractivity contribution in [2.75, 3.05) is 27.7 Å². The Morgan fingerprint density at radius 1 is 1.02 bits per heavy atom. The van der Waals surface area contributed by atoms with Gasteiger partial charge in [-0.05, 0) is 98.4 Å². The fourth-order valence-corrected chi connectivity index (χ4v) is 8.18. The summed E-state index contributed by atoms with van der Waals surface area (Å²) in [5, 5.41) is 27.0.